The standard InChI is InChI=1S/C23H31N5O2/c1-2-25-23(26-16-18-7-6-10-21(15-18)30-17-22(24)29)27-19-11-13-28(14-12-19)20-8-4-3-5-9-20/h3-10,15,19H,2,11-14,16-17H2,1H3,(H2,24,29)(H2,25,26,27). The van der Waals surface area contributed by atoms with Gasteiger partial charge in [0.1, 0.15) is 5.75 Å². The first-order chi connectivity index (χ1) is 14.6. The summed E-state index contributed by atoms with van der Waals surface area (Å²) in [4.78, 5) is 18.0. The topological polar surface area (TPSA) is 92.0 Å². The van der Waals surface area contributed by atoms with Gasteiger partial charge in [0.05, 0.1) is 6.54 Å². The van der Waals surface area contributed by atoms with Crippen molar-refractivity contribution in [3.8, 4) is 5.75 Å². The van der Waals surface area contributed by atoms with E-state index in [9.17, 15) is 4.79 Å². The lowest BCUT2D eigenvalue weighted by atomic mass is 10.0. The second-order valence-electron chi connectivity index (χ2n) is 7.34. The molecule has 0 bridgehead atoms. The number of hydrogen-bond acceptors (Lipinski definition) is 4. The first kappa shape index (κ1) is 21.5. The van der Waals surface area contributed by atoms with Crippen molar-refractivity contribution >= 4 is 17.6 Å². The smallest absolute Gasteiger partial charge is 0.255 e. The van der Waals surface area contributed by atoms with Crippen molar-refractivity contribution < 1.29 is 9.53 Å². The molecule has 0 unspecified atom stereocenters. The molecular weight excluding hydrogens is 378 g/mol. The first-order valence-electron chi connectivity index (χ1n) is 10.5. The van der Waals surface area contributed by atoms with E-state index < -0.39 is 5.91 Å². The third-order valence-corrected chi connectivity index (χ3v) is 5.00. The van der Waals surface area contributed by atoms with Crippen molar-refractivity contribution in [2.24, 2.45) is 10.7 Å². The van der Waals surface area contributed by atoms with Crippen LogP contribution >= 0.6 is 0 Å². The number of primary amides is 1. The Kier molecular flexibility index (Phi) is 7.94. The Morgan fingerprint density at radius 1 is 1.17 bits per heavy atom. The van der Waals surface area contributed by atoms with E-state index in [0.29, 0.717) is 18.3 Å². The number of carbonyl (C=O) groups is 1. The lowest BCUT2D eigenvalue weighted by Crippen LogP contribution is -2.48. The van der Waals surface area contributed by atoms with E-state index in [1.165, 1.54) is 5.69 Å². The van der Waals surface area contributed by atoms with Gasteiger partial charge in [-0.3, -0.25) is 4.79 Å². The number of nitrogens with one attached hydrogen (secondary N) is 2. The molecule has 1 fully saturated rings. The van der Waals surface area contributed by atoms with Crippen LogP contribution in [0.15, 0.2) is 59.6 Å². The third-order valence-electron chi connectivity index (χ3n) is 5.00. The number of guanidine groups is 1. The van der Waals surface area contributed by atoms with Gasteiger partial charge < -0.3 is 26.0 Å². The largest absolute Gasteiger partial charge is 0.484 e. The Morgan fingerprint density at radius 3 is 2.63 bits per heavy atom. The van der Waals surface area contributed by atoms with E-state index in [-0.39, 0.29) is 6.61 Å². The van der Waals surface area contributed by atoms with Gasteiger partial charge >= 0.3 is 0 Å². The van der Waals surface area contributed by atoms with Gasteiger partial charge in [0.2, 0.25) is 0 Å². The third kappa shape index (κ3) is 6.69. The van der Waals surface area contributed by atoms with Crippen LogP contribution in [-0.4, -0.2) is 44.1 Å². The summed E-state index contributed by atoms with van der Waals surface area (Å²) in [6.45, 7) is 5.31. The van der Waals surface area contributed by atoms with Crippen molar-refractivity contribution in [2.75, 3.05) is 31.1 Å². The maximum absolute atomic E-state index is 10.9. The van der Waals surface area contributed by atoms with Crippen LogP contribution in [0.25, 0.3) is 0 Å². The lowest BCUT2D eigenvalue weighted by Gasteiger charge is -2.34. The summed E-state index contributed by atoms with van der Waals surface area (Å²) in [5, 5.41) is 6.90. The minimum atomic E-state index is -0.490. The Hall–Kier alpha value is -3.22. The number of para-hydroxylation sites is 1. The molecule has 160 valence electrons. The minimum absolute atomic E-state index is 0.126. The summed E-state index contributed by atoms with van der Waals surface area (Å²) < 4.78 is 5.37. The predicted molar refractivity (Wildman–Crippen MR) is 121 cm³/mol. The van der Waals surface area contributed by atoms with E-state index >= 15 is 0 Å². The summed E-state index contributed by atoms with van der Waals surface area (Å²) in [7, 11) is 0. The fourth-order valence-electron chi connectivity index (χ4n) is 3.49. The summed E-state index contributed by atoms with van der Waals surface area (Å²) in [6, 6.07) is 18.5. The monoisotopic (exact) mass is 409 g/mol. The van der Waals surface area contributed by atoms with Crippen LogP contribution in [0, 0.1) is 0 Å². The van der Waals surface area contributed by atoms with Crippen LogP contribution in [0.5, 0.6) is 5.75 Å². The molecule has 0 radical (unpaired) electrons. The number of nitrogens with zero attached hydrogens (tertiary/aromatic N) is 2. The zero-order chi connectivity index (χ0) is 21.2. The number of aliphatic imine (C=N–C) groups is 1. The van der Waals surface area contributed by atoms with Gasteiger partial charge in [-0.2, -0.15) is 0 Å². The van der Waals surface area contributed by atoms with E-state index in [1.807, 2.05) is 18.2 Å². The molecular formula is C23H31N5O2. The van der Waals surface area contributed by atoms with Gasteiger partial charge in [-0.1, -0.05) is 30.3 Å². The number of rotatable bonds is 8. The highest BCUT2D eigenvalue weighted by Gasteiger charge is 2.20. The second kappa shape index (κ2) is 11.1. The van der Waals surface area contributed by atoms with Crippen LogP contribution in [0.2, 0.25) is 0 Å². The quantitative estimate of drug-likeness (QED) is 0.460. The average Bonchev–Trinajstić information content (AvgIpc) is 2.78. The zero-order valence-electron chi connectivity index (χ0n) is 17.5. The van der Waals surface area contributed by atoms with Gasteiger partial charge in [-0.05, 0) is 49.6 Å². The summed E-state index contributed by atoms with van der Waals surface area (Å²) in [5.74, 6) is 0.947. The average molecular weight is 410 g/mol. The van der Waals surface area contributed by atoms with Crippen LogP contribution in [0.1, 0.15) is 25.3 Å². The number of nitrogens with two attached hydrogens (primary N) is 1. The molecule has 1 aliphatic rings. The fourth-order valence-corrected chi connectivity index (χ4v) is 3.49. The molecule has 2 aromatic rings. The second-order valence-corrected chi connectivity index (χ2v) is 7.34. The van der Waals surface area contributed by atoms with Crippen molar-refractivity contribution in [3.63, 3.8) is 0 Å². The highest BCUT2D eigenvalue weighted by atomic mass is 16.5. The van der Waals surface area contributed by atoms with Crippen molar-refractivity contribution in [3.05, 3.63) is 60.2 Å². The molecule has 7 heteroatoms. The molecule has 3 rings (SSSR count). The number of ether oxygens (including phenoxy) is 1. The van der Waals surface area contributed by atoms with E-state index in [2.05, 4.69) is 52.8 Å². The molecule has 0 spiro atoms. The van der Waals surface area contributed by atoms with Crippen molar-refractivity contribution in [1.29, 1.82) is 0 Å². The Bertz CT molecular complexity index is 832. The number of carbonyl (C=O) groups excluding carboxylic acids is 1. The Labute approximate surface area is 178 Å². The number of hydrogen-bond donors (Lipinski definition) is 3. The fraction of sp³-hybridized carbons (Fsp3) is 0.391. The SMILES string of the molecule is CCNC(=NCc1cccc(OCC(N)=O)c1)NC1CCN(c2ccccc2)CC1. The molecule has 7 nitrogen and oxygen atoms in total. The summed E-state index contributed by atoms with van der Waals surface area (Å²) in [5.41, 5.74) is 7.43. The normalized spacial score (nSPS) is 15.0. The first-order valence-corrected chi connectivity index (χ1v) is 10.5. The molecule has 1 saturated heterocycles. The molecule has 0 aromatic heterocycles. The van der Waals surface area contributed by atoms with Crippen LogP contribution in [-0.2, 0) is 11.3 Å². The van der Waals surface area contributed by atoms with Gasteiger partial charge in [0, 0.05) is 31.4 Å². The molecule has 30 heavy (non-hydrogen) atoms. The number of anilines is 1. The molecule has 2 aromatic carbocycles. The molecule has 0 atom stereocenters. The maximum Gasteiger partial charge on any atom is 0.255 e. The minimum Gasteiger partial charge on any atom is -0.484 e. The predicted octanol–water partition coefficient (Wildman–Crippen LogP) is 2.27. The number of benzene rings is 2. The highest BCUT2D eigenvalue weighted by molar-refractivity contribution is 5.80. The van der Waals surface area contributed by atoms with Crippen LogP contribution in [0.4, 0.5) is 5.69 Å². The molecule has 4 N–H and O–H groups in total. The van der Waals surface area contributed by atoms with Gasteiger partial charge in [0.15, 0.2) is 12.6 Å². The molecule has 0 saturated carbocycles. The Balaban J connectivity index is 1.54. The molecule has 0 aliphatic carbocycles. The van der Waals surface area contributed by atoms with E-state index in [1.54, 1.807) is 6.07 Å². The van der Waals surface area contributed by atoms with Gasteiger partial charge in [-0.25, -0.2) is 4.99 Å². The summed E-state index contributed by atoms with van der Waals surface area (Å²) >= 11 is 0. The van der Waals surface area contributed by atoms with Crippen molar-refractivity contribution in [1.82, 2.24) is 10.6 Å². The molecule has 1 heterocycles. The summed E-state index contributed by atoms with van der Waals surface area (Å²) in [6.07, 6.45) is 2.13. The van der Waals surface area contributed by atoms with E-state index in [0.717, 1.165) is 44.0 Å². The van der Waals surface area contributed by atoms with Gasteiger partial charge in [-0.15, -0.1) is 0 Å². The molecule has 1 aliphatic heterocycles. The van der Waals surface area contributed by atoms with Crippen LogP contribution < -0.4 is 26.0 Å². The maximum atomic E-state index is 10.9. The van der Waals surface area contributed by atoms with Gasteiger partial charge in [0.25, 0.3) is 5.91 Å². The van der Waals surface area contributed by atoms with E-state index in [4.69, 9.17) is 15.5 Å². The Morgan fingerprint density at radius 2 is 1.93 bits per heavy atom. The molecule has 1 amide bonds. The number of amides is 1. The number of piperidine rings is 1. The van der Waals surface area contributed by atoms with Crippen molar-refractivity contribution in [2.45, 2.75) is 32.4 Å². The van der Waals surface area contributed by atoms with Crippen LogP contribution in [0.3, 0.4) is 0 Å². The zero-order valence-corrected chi connectivity index (χ0v) is 17.5. The highest BCUT2D eigenvalue weighted by Crippen LogP contribution is 2.19. The lowest BCUT2D eigenvalue weighted by molar-refractivity contribution is -0.119.